The van der Waals surface area contributed by atoms with Crippen molar-refractivity contribution in [3.05, 3.63) is 16.4 Å². The maximum Gasteiger partial charge on any atom is 0.309 e. The molecule has 1 aromatic rings. The molecule has 2 heterocycles. The maximum absolute atomic E-state index is 11.2. The Morgan fingerprint density at radius 1 is 1.45 bits per heavy atom. The van der Waals surface area contributed by atoms with Crippen LogP contribution in [0.5, 0.6) is 0 Å². The number of halogens is 1. The van der Waals surface area contributed by atoms with Crippen molar-refractivity contribution in [2.75, 3.05) is 13.1 Å². The van der Waals surface area contributed by atoms with Crippen molar-refractivity contribution < 1.29 is 9.90 Å². The van der Waals surface area contributed by atoms with Crippen LogP contribution in [-0.4, -0.2) is 38.8 Å². The van der Waals surface area contributed by atoms with Gasteiger partial charge in [0, 0.05) is 13.1 Å². The van der Waals surface area contributed by atoms with E-state index in [1.807, 2.05) is 25.5 Å². The van der Waals surface area contributed by atoms with E-state index in [4.69, 9.17) is 11.6 Å². The zero-order valence-corrected chi connectivity index (χ0v) is 13.1. The van der Waals surface area contributed by atoms with Gasteiger partial charge in [-0.3, -0.25) is 14.4 Å². The van der Waals surface area contributed by atoms with E-state index in [2.05, 4.69) is 10.00 Å². The Kier molecular flexibility index (Phi) is 4.39. The number of aryl methyl sites for hydroxylation is 2. The lowest BCUT2D eigenvalue weighted by molar-refractivity contribution is -0.150. The topological polar surface area (TPSA) is 58.4 Å². The van der Waals surface area contributed by atoms with Crippen LogP contribution in [0.2, 0.25) is 5.02 Å². The van der Waals surface area contributed by atoms with Crippen LogP contribution in [0.1, 0.15) is 38.1 Å². The van der Waals surface area contributed by atoms with Gasteiger partial charge in [0.05, 0.1) is 21.8 Å². The minimum absolute atomic E-state index is 0.582. The number of hydrogen-bond acceptors (Lipinski definition) is 3. The molecule has 1 aliphatic rings. The van der Waals surface area contributed by atoms with Crippen LogP contribution in [0, 0.1) is 12.3 Å². The number of hydrogen-bond donors (Lipinski definition) is 1. The number of carbonyl (C=O) groups is 1. The van der Waals surface area contributed by atoms with Crippen LogP contribution in [-0.2, 0) is 17.9 Å². The molecule has 20 heavy (non-hydrogen) atoms. The second-order valence-electron chi connectivity index (χ2n) is 5.80. The summed E-state index contributed by atoms with van der Waals surface area (Å²) in [5.74, 6) is -0.690. The summed E-state index contributed by atoms with van der Waals surface area (Å²) < 4.78 is 1.93. The molecule has 1 saturated heterocycles. The molecule has 0 spiro atoms. The van der Waals surface area contributed by atoms with Crippen molar-refractivity contribution >= 4 is 17.6 Å². The molecule has 0 amide bonds. The van der Waals surface area contributed by atoms with Gasteiger partial charge in [-0.2, -0.15) is 5.10 Å². The Balaban J connectivity index is 2.05. The maximum atomic E-state index is 11.2. The summed E-state index contributed by atoms with van der Waals surface area (Å²) >= 11 is 6.31. The van der Waals surface area contributed by atoms with Crippen molar-refractivity contribution in [2.24, 2.45) is 5.41 Å². The normalized spacial score (nSPS) is 19.2. The number of rotatable bonds is 4. The molecule has 2 rings (SSSR count). The van der Waals surface area contributed by atoms with E-state index < -0.39 is 11.4 Å². The number of likely N-dealkylation sites (tertiary alicyclic amines) is 1. The fourth-order valence-electron chi connectivity index (χ4n) is 2.65. The molecule has 1 aromatic heterocycles. The van der Waals surface area contributed by atoms with E-state index in [1.165, 1.54) is 0 Å². The molecular weight excluding hydrogens is 278 g/mol. The van der Waals surface area contributed by atoms with Crippen LogP contribution < -0.4 is 0 Å². The molecule has 0 unspecified atom stereocenters. The molecule has 1 fully saturated rings. The predicted octanol–water partition coefficient (Wildman–Crippen LogP) is 2.55. The number of aliphatic carboxylic acids is 1. The molecule has 0 aliphatic carbocycles. The van der Waals surface area contributed by atoms with Gasteiger partial charge in [-0.05, 0) is 46.7 Å². The molecule has 112 valence electrons. The zero-order valence-electron chi connectivity index (χ0n) is 12.3. The third-order valence-electron chi connectivity index (χ3n) is 4.30. The summed E-state index contributed by atoms with van der Waals surface area (Å²) in [5, 5.41) is 14.4. The summed E-state index contributed by atoms with van der Waals surface area (Å²) in [5.41, 5.74) is 1.31. The van der Waals surface area contributed by atoms with Gasteiger partial charge in [-0.15, -0.1) is 0 Å². The van der Waals surface area contributed by atoms with Gasteiger partial charge in [-0.25, -0.2) is 0 Å². The van der Waals surface area contributed by atoms with Gasteiger partial charge >= 0.3 is 5.97 Å². The monoisotopic (exact) mass is 299 g/mol. The Hall–Kier alpha value is -1.07. The Morgan fingerprint density at radius 3 is 2.55 bits per heavy atom. The molecule has 6 heteroatoms. The highest BCUT2D eigenvalue weighted by atomic mass is 35.5. The zero-order chi connectivity index (χ0) is 14.9. The minimum atomic E-state index is -0.690. The lowest BCUT2D eigenvalue weighted by Crippen LogP contribution is -2.42. The predicted molar refractivity (Wildman–Crippen MR) is 77.9 cm³/mol. The first-order valence-corrected chi connectivity index (χ1v) is 7.42. The molecule has 5 nitrogen and oxygen atoms in total. The van der Waals surface area contributed by atoms with Crippen molar-refractivity contribution in [3.63, 3.8) is 0 Å². The minimum Gasteiger partial charge on any atom is -0.481 e. The van der Waals surface area contributed by atoms with Gasteiger partial charge in [0.1, 0.15) is 0 Å². The van der Waals surface area contributed by atoms with Crippen molar-refractivity contribution in [1.82, 2.24) is 14.7 Å². The van der Waals surface area contributed by atoms with Crippen molar-refractivity contribution in [1.29, 1.82) is 0 Å². The van der Waals surface area contributed by atoms with Gasteiger partial charge in [0.15, 0.2) is 0 Å². The van der Waals surface area contributed by atoms with Gasteiger partial charge < -0.3 is 5.11 Å². The van der Waals surface area contributed by atoms with Crippen LogP contribution in [0.25, 0.3) is 0 Å². The number of piperidine rings is 1. The third-order valence-corrected chi connectivity index (χ3v) is 4.79. The molecule has 0 aromatic carbocycles. The van der Waals surface area contributed by atoms with E-state index in [9.17, 15) is 9.90 Å². The molecule has 0 saturated carbocycles. The van der Waals surface area contributed by atoms with Gasteiger partial charge in [0.25, 0.3) is 0 Å². The molecular formula is C14H22ClN3O2. The number of aromatic nitrogens is 2. The number of carboxylic acid groups (broad SMARTS) is 1. The smallest absolute Gasteiger partial charge is 0.309 e. The van der Waals surface area contributed by atoms with Gasteiger partial charge in [-0.1, -0.05) is 11.6 Å². The summed E-state index contributed by atoms with van der Waals surface area (Å²) in [6.45, 7) is 8.90. The number of carboxylic acids is 1. The third kappa shape index (κ3) is 2.83. The van der Waals surface area contributed by atoms with E-state index >= 15 is 0 Å². The van der Waals surface area contributed by atoms with Crippen LogP contribution in [0.3, 0.4) is 0 Å². The average molecular weight is 300 g/mol. The van der Waals surface area contributed by atoms with E-state index in [0.29, 0.717) is 12.8 Å². The van der Waals surface area contributed by atoms with Crippen molar-refractivity contribution in [3.8, 4) is 0 Å². The summed E-state index contributed by atoms with van der Waals surface area (Å²) in [4.78, 5) is 13.5. The first-order valence-electron chi connectivity index (χ1n) is 7.05. The molecule has 0 bridgehead atoms. The van der Waals surface area contributed by atoms with Gasteiger partial charge in [0.2, 0.25) is 0 Å². The molecule has 0 atom stereocenters. The van der Waals surface area contributed by atoms with E-state index in [1.54, 1.807) is 0 Å². The highest BCUT2D eigenvalue weighted by molar-refractivity contribution is 6.31. The van der Waals surface area contributed by atoms with Crippen LogP contribution in [0.15, 0.2) is 0 Å². The first kappa shape index (κ1) is 15.3. The quantitative estimate of drug-likeness (QED) is 0.928. The van der Waals surface area contributed by atoms with Crippen LogP contribution in [0.4, 0.5) is 0 Å². The Morgan fingerprint density at radius 2 is 2.05 bits per heavy atom. The fourth-order valence-corrected chi connectivity index (χ4v) is 2.85. The summed E-state index contributed by atoms with van der Waals surface area (Å²) in [6, 6.07) is 0. The second-order valence-corrected chi connectivity index (χ2v) is 6.18. The largest absolute Gasteiger partial charge is 0.481 e. The number of nitrogens with zero attached hydrogens (tertiary/aromatic N) is 3. The standard InChI is InChI=1S/C14H22ClN3O2/c1-4-18-11(12(15)10(2)16-18)9-17-7-5-14(3,6-8-17)13(19)20/h4-9H2,1-3H3,(H,19,20). The second kappa shape index (κ2) is 5.74. The fraction of sp³-hybridized carbons (Fsp3) is 0.714. The molecule has 0 radical (unpaired) electrons. The highest BCUT2D eigenvalue weighted by Gasteiger charge is 2.37. The molecule has 1 aliphatic heterocycles. The van der Waals surface area contributed by atoms with Crippen molar-refractivity contribution in [2.45, 2.75) is 46.7 Å². The lowest BCUT2D eigenvalue weighted by atomic mass is 9.80. The first-order chi connectivity index (χ1) is 9.37. The van der Waals surface area contributed by atoms with Crippen LogP contribution >= 0.6 is 11.6 Å². The van der Waals surface area contributed by atoms with E-state index in [0.717, 1.165) is 42.6 Å². The molecule has 1 N–H and O–H groups in total. The Bertz CT molecular complexity index is 505. The Labute approximate surface area is 124 Å². The average Bonchev–Trinajstić information content (AvgIpc) is 2.69. The summed E-state index contributed by atoms with van der Waals surface area (Å²) in [6.07, 6.45) is 1.36. The highest BCUT2D eigenvalue weighted by Crippen LogP contribution is 2.32. The summed E-state index contributed by atoms with van der Waals surface area (Å²) in [7, 11) is 0. The SMILES string of the molecule is CCn1nc(C)c(Cl)c1CN1CCC(C)(C(=O)O)CC1. The lowest BCUT2D eigenvalue weighted by Gasteiger charge is -2.36. The van der Waals surface area contributed by atoms with E-state index in [-0.39, 0.29) is 0 Å².